The molecule has 2 aromatic rings. The Morgan fingerprint density at radius 2 is 2.18 bits per heavy atom. The first-order valence-electron chi connectivity index (χ1n) is 5.63. The van der Waals surface area contributed by atoms with Crippen LogP contribution in [0.15, 0.2) is 35.7 Å². The highest BCUT2D eigenvalue weighted by Gasteiger charge is 2.11. The van der Waals surface area contributed by atoms with E-state index in [2.05, 4.69) is 11.4 Å². The van der Waals surface area contributed by atoms with Crippen molar-refractivity contribution in [1.29, 1.82) is 0 Å². The van der Waals surface area contributed by atoms with E-state index in [0.717, 1.165) is 17.5 Å². The molecule has 0 aliphatic rings. The van der Waals surface area contributed by atoms with E-state index >= 15 is 0 Å². The summed E-state index contributed by atoms with van der Waals surface area (Å²) in [6, 6.07) is 9.91. The molecule has 2 rings (SSSR count). The summed E-state index contributed by atoms with van der Waals surface area (Å²) < 4.78 is 0. The summed E-state index contributed by atoms with van der Waals surface area (Å²) in [6.07, 6.45) is 1.12. The lowest BCUT2D eigenvalue weighted by Gasteiger charge is -2.12. The largest absolute Gasteiger partial charge is 0.388 e. The number of halogens is 1. The number of benzene rings is 1. The minimum atomic E-state index is -0.481. The Morgan fingerprint density at radius 1 is 1.35 bits per heavy atom. The lowest BCUT2D eigenvalue weighted by Crippen LogP contribution is -2.00. The number of aliphatic hydroxyl groups excluding tert-OH is 1. The van der Waals surface area contributed by atoms with E-state index in [0.29, 0.717) is 11.4 Å². The summed E-state index contributed by atoms with van der Waals surface area (Å²) in [5.74, 6) is 0. The fourth-order valence-corrected chi connectivity index (χ4v) is 2.88. The van der Waals surface area contributed by atoms with Gasteiger partial charge in [-0.1, -0.05) is 29.8 Å². The number of aliphatic hydroxyl groups is 1. The molecule has 0 radical (unpaired) electrons. The standard InChI is InChI=1S/C14H15ClOS/c1-10-4-6-12(13(15)9-10)14(16)7-5-11-3-2-8-17-11/h2-4,6,8-9,14,16H,5,7H2,1H3. The van der Waals surface area contributed by atoms with Crippen molar-refractivity contribution < 1.29 is 5.11 Å². The van der Waals surface area contributed by atoms with Crippen molar-refractivity contribution in [2.75, 3.05) is 0 Å². The average molecular weight is 267 g/mol. The number of hydrogen-bond acceptors (Lipinski definition) is 2. The average Bonchev–Trinajstić information content (AvgIpc) is 2.78. The highest BCUT2D eigenvalue weighted by atomic mass is 35.5. The molecule has 3 heteroatoms. The summed E-state index contributed by atoms with van der Waals surface area (Å²) in [7, 11) is 0. The first-order valence-corrected chi connectivity index (χ1v) is 6.89. The van der Waals surface area contributed by atoms with Gasteiger partial charge >= 0.3 is 0 Å². The van der Waals surface area contributed by atoms with Crippen LogP contribution in [0.5, 0.6) is 0 Å². The van der Waals surface area contributed by atoms with Gasteiger partial charge in [-0.25, -0.2) is 0 Å². The van der Waals surface area contributed by atoms with Crippen molar-refractivity contribution >= 4 is 22.9 Å². The van der Waals surface area contributed by atoms with Crippen molar-refractivity contribution in [3.05, 3.63) is 56.7 Å². The van der Waals surface area contributed by atoms with Crippen LogP contribution in [0.1, 0.15) is 28.5 Å². The van der Waals surface area contributed by atoms with Crippen LogP contribution in [0.25, 0.3) is 0 Å². The van der Waals surface area contributed by atoms with Gasteiger partial charge in [-0.3, -0.25) is 0 Å². The molecule has 17 heavy (non-hydrogen) atoms. The van der Waals surface area contributed by atoms with Crippen LogP contribution >= 0.6 is 22.9 Å². The van der Waals surface area contributed by atoms with Crippen LogP contribution in [-0.4, -0.2) is 5.11 Å². The molecule has 1 aromatic carbocycles. The van der Waals surface area contributed by atoms with E-state index < -0.39 is 6.10 Å². The Balaban J connectivity index is 2.01. The molecule has 1 aromatic heterocycles. The topological polar surface area (TPSA) is 20.2 Å². The van der Waals surface area contributed by atoms with E-state index in [1.807, 2.05) is 31.2 Å². The lowest BCUT2D eigenvalue weighted by atomic mass is 10.0. The zero-order chi connectivity index (χ0) is 12.3. The molecule has 90 valence electrons. The van der Waals surface area contributed by atoms with E-state index in [1.165, 1.54) is 4.88 Å². The number of rotatable bonds is 4. The third kappa shape index (κ3) is 3.32. The summed E-state index contributed by atoms with van der Waals surface area (Å²) in [4.78, 5) is 1.30. The monoisotopic (exact) mass is 266 g/mol. The Labute approximate surface area is 111 Å². The van der Waals surface area contributed by atoms with Crippen LogP contribution in [0.3, 0.4) is 0 Å². The van der Waals surface area contributed by atoms with Crippen LogP contribution < -0.4 is 0 Å². The highest BCUT2D eigenvalue weighted by molar-refractivity contribution is 7.09. The quantitative estimate of drug-likeness (QED) is 0.871. The molecule has 1 N–H and O–H groups in total. The number of hydrogen-bond donors (Lipinski definition) is 1. The molecule has 0 aliphatic carbocycles. The van der Waals surface area contributed by atoms with Gasteiger partial charge in [0.1, 0.15) is 0 Å². The van der Waals surface area contributed by atoms with Crippen LogP contribution in [0.2, 0.25) is 5.02 Å². The number of thiophene rings is 1. The fourth-order valence-electron chi connectivity index (χ4n) is 1.79. The maximum Gasteiger partial charge on any atom is 0.0807 e. The van der Waals surface area contributed by atoms with E-state index in [-0.39, 0.29) is 0 Å². The maximum atomic E-state index is 10.1. The Kier molecular flexibility index (Phi) is 4.21. The van der Waals surface area contributed by atoms with Gasteiger partial charge in [-0.05, 0) is 48.4 Å². The van der Waals surface area contributed by atoms with Crippen molar-refractivity contribution in [1.82, 2.24) is 0 Å². The van der Waals surface area contributed by atoms with E-state index in [1.54, 1.807) is 11.3 Å². The van der Waals surface area contributed by atoms with Crippen molar-refractivity contribution in [2.45, 2.75) is 25.9 Å². The van der Waals surface area contributed by atoms with Gasteiger partial charge < -0.3 is 5.11 Å². The first kappa shape index (κ1) is 12.6. The van der Waals surface area contributed by atoms with Gasteiger partial charge in [-0.2, -0.15) is 0 Å². The fraction of sp³-hybridized carbons (Fsp3) is 0.286. The molecule has 0 bridgehead atoms. The van der Waals surface area contributed by atoms with Gasteiger partial charge in [0.15, 0.2) is 0 Å². The lowest BCUT2D eigenvalue weighted by molar-refractivity contribution is 0.168. The van der Waals surface area contributed by atoms with Crippen molar-refractivity contribution in [2.24, 2.45) is 0 Å². The summed E-state index contributed by atoms with van der Waals surface area (Å²) in [5, 5.41) is 12.8. The van der Waals surface area contributed by atoms with Gasteiger partial charge in [0, 0.05) is 9.90 Å². The number of aryl methyl sites for hydroxylation is 2. The summed E-state index contributed by atoms with van der Waals surface area (Å²) in [5.41, 5.74) is 1.94. The van der Waals surface area contributed by atoms with Crippen LogP contribution in [0.4, 0.5) is 0 Å². The summed E-state index contributed by atoms with van der Waals surface area (Å²) in [6.45, 7) is 1.99. The molecular weight excluding hydrogens is 252 g/mol. The van der Waals surface area contributed by atoms with Crippen molar-refractivity contribution in [3.8, 4) is 0 Å². The molecule has 0 fully saturated rings. The van der Waals surface area contributed by atoms with Gasteiger partial charge in [0.25, 0.3) is 0 Å². The third-order valence-corrected chi connectivity index (χ3v) is 4.02. The smallest absolute Gasteiger partial charge is 0.0807 e. The molecule has 1 atom stereocenters. The first-order chi connectivity index (χ1) is 8.16. The summed E-state index contributed by atoms with van der Waals surface area (Å²) >= 11 is 7.85. The second-order valence-electron chi connectivity index (χ2n) is 4.16. The Hall–Kier alpha value is -0.830. The minimum Gasteiger partial charge on any atom is -0.388 e. The zero-order valence-electron chi connectivity index (χ0n) is 9.69. The van der Waals surface area contributed by atoms with E-state index in [9.17, 15) is 5.11 Å². The zero-order valence-corrected chi connectivity index (χ0v) is 11.3. The third-order valence-electron chi connectivity index (χ3n) is 2.76. The Morgan fingerprint density at radius 3 is 2.82 bits per heavy atom. The molecule has 1 unspecified atom stereocenters. The molecule has 0 aliphatic heterocycles. The molecule has 1 nitrogen and oxygen atoms in total. The van der Waals surface area contributed by atoms with Gasteiger partial charge in [0.05, 0.1) is 6.10 Å². The minimum absolute atomic E-state index is 0.481. The highest BCUT2D eigenvalue weighted by Crippen LogP contribution is 2.27. The van der Waals surface area contributed by atoms with Crippen molar-refractivity contribution in [3.63, 3.8) is 0 Å². The maximum absolute atomic E-state index is 10.1. The molecule has 0 saturated heterocycles. The second-order valence-corrected chi connectivity index (χ2v) is 5.60. The van der Waals surface area contributed by atoms with Gasteiger partial charge in [-0.15, -0.1) is 11.3 Å². The second kappa shape index (κ2) is 5.67. The molecular formula is C14H15ClOS. The molecule has 0 amide bonds. The predicted octanol–water partition coefficient (Wildman–Crippen LogP) is 4.38. The van der Waals surface area contributed by atoms with Gasteiger partial charge in [0.2, 0.25) is 0 Å². The van der Waals surface area contributed by atoms with E-state index in [4.69, 9.17) is 11.6 Å². The predicted molar refractivity (Wildman–Crippen MR) is 73.8 cm³/mol. The van der Waals surface area contributed by atoms with Crippen LogP contribution in [0, 0.1) is 6.92 Å². The molecule has 0 spiro atoms. The normalized spacial score (nSPS) is 12.6. The van der Waals surface area contributed by atoms with Crippen LogP contribution in [-0.2, 0) is 6.42 Å². The molecule has 1 heterocycles. The Bertz CT molecular complexity index is 479. The molecule has 0 saturated carbocycles. The SMILES string of the molecule is Cc1ccc(C(O)CCc2cccs2)c(Cl)c1.